The molecule has 0 saturated carbocycles. The van der Waals surface area contributed by atoms with Gasteiger partial charge in [-0.3, -0.25) is 4.79 Å². The lowest BCUT2D eigenvalue weighted by atomic mass is 10.2. The molecule has 0 heterocycles. The molecule has 0 atom stereocenters. The maximum atomic E-state index is 11.5. The molecule has 0 unspecified atom stereocenters. The molecule has 0 aliphatic heterocycles. The predicted molar refractivity (Wildman–Crippen MR) is 33.9 cm³/mol. The lowest BCUT2D eigenvalue weighted by molar-refractivity contribution is -0.120. The lowest BCUT2D eigenvalue weighted by Crippen LogP contribution is -2.17. The zero-order chi connectivity index (χ0) is 7.98. The van der Waals surface area contributed by atoms with Gasteiger partial charge in [0.15, 0.2) is 0 Å². The zero-order valence-electron chi connectivity index (χ0n) is 5.86. The van der Waals surface area contributed by atoms with Crippen molar-refractivity contribution in [2.75, 3.05) is 7.05 Å². The molecular formula is C6H11F2NO. The van der Waals surface area contributed by atoms with Crippen LogP contribution in [0, 0.1) is 0 Å². The van der Waals surface area contributed by atoms with Crippen LogP contribution in [-0.2, 0) is 4.79 Å². The number of alkyl halides is 2. The Morgan fingerprint density at radius 3 is 2.60 bits per heavy atom. The fourth-order valence-electron chi connectivity index (χ4n) is 0.542. The number of carbonyl (C=O) groups excluding carboxylic acids is 1. The molecular weight excluding hydrogens is 140 g/mol. The molecule has 0 spiro atoms. The van der Waals surface area contributed by atoms with Crippen molar-refractivity contribution >= 4 is 5.91 Å². The van der Waals surface area contributed by atoms with E-state index < -0.39 is 6.43 Å². The lowest BCUT2D eigenvalue weighted by Gasteiger charge is -1.98. The number of rotatable bonds is 4. The van der Waals surface area contributed by atoms with E-state index in [1.807, 2.05) is 0 Å². The smallest absolute Gasteiger partial charge is 0.238 e. The third-order valence-corrected chi connectivity index (χ3v) is 1.11. The molecule has 0 radical (unpaired) electrons. The molecule has 0 saturated heterocycles. The van der Waals surface area contributed by atoms with Gasteiger partial charge in [-0.2, -0.15) is 0 Å². The molecule has 0 aliphatic carbocycles. The molecule has 60 valence electrons. The largest absolute Gasteiger partial charge is 0.359 e. The molecule has 0 rings (SSSR count). The second-order valence-corrected chi connectivity index (χ2v) is 1.96. The van der Waals surface area contributed by atoms with Crippen molar-refractivity contribution in [3.63, 3.8) is 0 Å². The van der Waals surface area contributed by atoms with E-state index in [1.165, 1.54) is 7.05 Å². The van der Waals surface area contributed by atoms with Crippen LogP contribution >= 0.6 is 0 Å². The maximum Gasteiger partial charge on any atom is 0.238 e. The molecule has 0 aromatic rings. The quantitative estimate of drug-likeness (QED) is 0.642. The Morgan fingerprint density at radius 1 is 1.60 bits per heavy atom. The first-order chi connectivity index (χ1) is 4.66. The summed E-state index contributed by atoms with van der Waals surface area (Å²) in [7, 11) is 1.49. The molecule has 0 bridgehead atoms. The van der Waals surface area contributed by atoms with Crippen LogP contribution in [0.3, 0.4) is 0 Å². The monoisotopic (exact) mass is 151 g/mol. The van der Waals surface area contributed by atoms with E-state index >= 15 is 0 Å². The van der Waals surface area contributed by atoms with Crippen molar-refractivity contribution in [1.82, 2.24) is 5.32 Å². The molecule has 10 heavy (non-hydrogen) atoms. The van der Waals surface area contributed by atoms with E-state index in [9.17, 15) is 13.6 Å². The number of hydrogen-bond acceptors (Lipinski definition) is 1. The minimum absolute atomic E-state index is 0.180. The van der Waals surface area contributed by atoms with Crippen LogP contribution in [0.15, 0.2) is 0 Å². The average molecular weight is 151 g/mol. The first kappa shape index (κ1) is 9.33. The summed E-state index contributed by atoms with van der Waals surface area (Å²) < 4.78 is 22.9. The van der Waals surface area contributed by atoms with Crippen molar-refractivity contribution in [2.24, 2.45) is 0 Å². The highest BCUT2D eigenvalue weighted by atomic mass is 19.3. The van der Waals surface area contributed by atoms with Crippen LogP contribution in [0.1, 0.15) is 19.3 Å². The Morgan fingerprint density at radius 2 is 2.20 bits per heavy atom. The molecule has 0 aliphatic rings. The van der Waals surface area contributed by atoms with Gasteiger partial charge in [-0.25, -0.2) is 8.78 Å². The van der Waals surface area contributed by atoms with E-state index in [0.29, 0.717) is 0 Å². The van der Waals surface area contributed by atoms with Gasteiger partial charge in [0.25, 0.3) is 0 Å². The van der Waals surface area contributed by atoms with Gasteiger partial charge in [0.05, 0.1) is 0 Å². The second-order valence-electron chi connectivity index (χ2n) is 1.96. The Labute approximate surface area is 58.6 Å². The van der Waals surface area contributed by atoms with Gasteiger partial charge in [0.1, 0.15) is 0 Å². The number of hydrogen-bond donors (Lipinski definition) is 1. The van der Waals surface area contributed by atoms with Crippen LogP contribution in [-0.4, -0.2) is 19.4 Å². The fourth-order valence-corrected chi connectivity index (χ4v) is 0.542. The summed E-state index contributed by atoms with van der Waals surface area (Å²) in [6, 6.07) is 0. The summed E-state index contributed by atoms with van der Waals surface area (Å²) in [5.41, 5.74) is 0. The van der Waals surface area contributed by atoms with Gasteiger partial charge in [-0.15, -0.1) is 0 Å². The minimum atomic E-state index is -2.29. The van der Waals surface area contributed by atoms with Crippen molar-refractivity contribution in [1.29, 1.82) is 0 Å². The van der Waals surface area contributed by atoms with Crippen LogP contribution in [0.4, 0.5) is 8.78 Å². The van der Waals surface area contributed by atoms with Gasteiger partial charge in [-0.1, -0.05) is 0 Å². The predicted octanol–water partition coefficient (Wildman–Crippen LogP) is 1.17. The van der Waals surface area contributed by atoms with Gasteiger partial charge in [-0.05, 0) is 6.42 Å². The summed E-state index contributed by atoms with van der Waals surface area (Å²) in [6.45, 7) is 0. The van der Waals surface area contributed by atoms with Gasteiger partial charge in [0.2, 0.25) is 12.3 Å². The van der Waals surface area contributed by atoms with E-state index in [1.54, 1.807) is 0 Å². The summed E-state index contributed by atoms with van der Waals surface area (Å²) in [5.74, 6) is -0.180. The second kappa shape index (κ2) is 5.14. The summed E-state index contributed by atoms with van der Waals surface area (Å²) in [5, 5.41) is 2.35. The first-order valence-electron chi connectivity index (χ1n) is 3.15. The van der Waals surface area contributed by atoms with Crippen molar-refractivity contribution < 1.29 is 13.6 Å². The topological polar surface area (TPSA) is 29.1 Å². The third-order valence-electron chi connectivity index (χ3n) is 1.11. The van der Waals surface area contributed by atoms with Crippen molar-refractivity contribution in [3.05, 3.63) is 0 Å². The maximum absolute atomic E-state index is 11.5. The summed E-state index contributed by atoms with van der Waals surface area (Å²) >= 11 is 0. The van der Waals surface area contributed by atoms with Crippen molar-refractivity contribution in [2.45, 2.75) is 25.7 Å². The van der Waals surface area contributed by atoms with Gasteiger partial charge >= 0.3 is 0 Å². The molecule has 1 N–H and O–H groups in total. The molecule has 4 heteroatoms. The van der Waals surface area contributed by atoms with Crippen LogP contribution in [0.25, 0.3) is 0 Å². The van der Waals surface area contributed by atoms with E-state index in [0.717, 1.165) is 0 Å². The minimum Gasteiger partial charge on any atom is -0.359 e. The first-order valence-corrected chi connectivity index (χ1v) is 3.15. The zero-order valence-corrected chi connectivity index (χ0v) is 5.86. The Hall–Kier alpha value is -0.670. The third kappa shape index (κ3) is 5.47. The number of halogens is 2. The Kier molecular flexibility index (Phi) is 4.80. The highest BCUT2D eigenvalue weighted by Gasteiger charge is 2.03. The van der Waals surface area contributed by atoms with Gasteiger partial charge < -0.3 is 5.32 Å². The normalized spacial score (nSPS) is 10.0. The summed E-state index contributed by atoms with van der Waals surface area (Å²) in [4.78, 5) is 10.4. The number of carbonyl (C=O) groups is 1. The van der Waals surface area contributed by atoms with E-state index in [-0.39, 0.29) is 25.2 Å². The molecule has 1 amide bonds. The molecule has 0 aromatic heterocycles. The van der Waals surface area contributed by atoms with Gasteiger partial charge in [0, 0.05) is 19.9 Å². The average Bonchev–Trinajstić information content (AvgIpc) is 1.87. The Balaban J connectivity index is 3.12. The van der Waals surface area contributed by atoms with E-state index in [2.05, 4.69) is 5.32 Å². The summed E-state index contributed by atoms with van der Waals surface area (Å²) in [6.07, 6.45) is -2.02. The Bertz CT molecular complexity index is 106. The highest BCUT2D eigenvalue weighted by Crippen LogP contribution is 2.04. The standard InChI is InChI=1S/C6H11F2NO/c1-9-6(10)4-2-3-5(7)8/h5H,2-4H2,1H3,(H,9,10). The number of amides is 1. The molecule has 0 aromatic carbocycles. The fraction of sp³-hybridized carbons (Fsp3) is 0.833. The van der Waals surface area contributed by atoms with Crippen LogP contribution in [0.2, 0.25) is 0 Å². The van der Waals surface area contributed by atoms with Crippen molar-refractivity contribution in [3.8, 4) is 0 Å². The van der Waals surface area contributed by atoms with Crippen LogP contribution in [0.5, 0.6) is 0 Å². The number of nitrogens with one attached hydrogen (secondary N) is 1. The van der Waals surface area contributed by atoms with E-state index in [4.69, 9.17) is 0 Å². The molecule has 2 nitrogen and oxygen atoms in total. The highest BCUT2D eigenvalue weighted by molar-refractivity contribution is 5.75. The van der Waals surface area contributed by atoms with Crippen LogP contribution < -0.4 is 5.32 Å². The molecule has 0 fully saturated rings. The SMILES string of the molecule is CNC(=O)CCCC(F)F.